The number of furan rings is 1. The first-order valence-electron chi connectivity index (χ1n) is 6.26. The average molecular weight is 363 g/mol. The second-order valence-corrected chi connectivity index (χ2v) is 7.30. The number of halogens is 2. The van der Waals surface area contributed by atoms with Crippen LogP contribution >= 0.6 is 22.3 Å². The van der Waals surface area contributed by atoms with E-state index in [4.69, 9.17) is 31.4 Å². The monoisotopic (exact) mass is 362 g/mol. The number of hydrogen-bond acceptors (Lipinski definition) is 5. The van der Waals surface area contributed by atoms with E-state index in [0.717, 1.165) is 0 Å². The molecule has 2 aromatic rings. The van der Waals surface area contributed by atoms with Crippen molar-refractivity contribution in [3.8, 4) is 11.3 Å². The fraction of sp³-hybridized carbons (Fsp3) is 0.214. The Kier molecular flexibility index (Phi) is 4.84. The van der Waals surface area contributed by atoms with Crippen LogP contribution in [0.3, 0.4) is 0 Å². The highest BCUT2D eigenvalue weighted by molar-refractivity contribution is 8.14. The zero-order chi connectivity index (χ0) is 16.5. The topological polar surface area (TPSA) is 73.6 Å². The summed E-state index contributed by atoms with van der Waals surface area (Å²) in [5.41, 5.74) is 0.240. The van der Waals surface area contributed by atoms with Crippen LogP contribution in [0.2, 0.25) is 5.02 Å². The standard InChI is InChI=1S/C14H12Cl2O5S/c1-3-20-14(17)11-8(2)21-12(13(11)22(16,18)19)9-4-6-10(15)7-5-9/h4-7H,3H2,1-2H3. The van der Waals surface area contributed by atoms with Crippen LogP contribution in [0.25, 0.3) is 11.3 Å². The molecule has 0 radical (unpaired) electrons. The number of carbonyl (C=O) groups excluding carboxylic acids is 1. The Bertz CT molecular complexity index is 807. The van der Waals surface area contributed by atoms with E-state index in [1.54, 1.807) is 31.2 Å². The van der Waals surface area contributed by atoms with Gasteiger partial charge in [-0.05, 0) is 38.1 Å². The molecule has 5 nitrogen and oxygen atoms in total. The summed E-state index contributed by atoms with van der Waals surface area (Å²) in [7, 11) is 1.27. The zero-order valence-electron chi connectivity index (χ0n) is 11.7. The third-order valence-corrected chi connectivity index (χ3v) is 4.46. The molecule has 0 aliphatic heterocycles. The smallest absolute Gasteiger partial charge is 0.343 e. The Hall–Kier alpha value is -1.50. The van der Waals surface area contributed by atoms with Crippen molar-refractivity contribution in [3.05, 3.63) is 40.6 Å². The maximum atomic E-state index is 12.0. The van der Waals surface area contributed by atoms with Gasteiger partial charge >= 0.3 is 5.97 Å². The molecule has 1 aromatic heterocycles. The molecule has 0 fully saturated rings. The van der Waals surface area contributed by atoms with Gasteiger partial charge in [-0.25, -0.2) is 13.2 Å². The molecule has 0 saturated carbocycles. The lowest BCUT2D eigenvalue weighted by molar-refractivity contribution is 0.0520. The summed E-state index contributed by atoms with van der Waals surface area (Å²) in [6, 6.07) is 6.29. The molecular weight excluding hydrogens is 351 g/mol. The summed E-state index contributed by atoms with van der Waals surface area (Å²) < 4.78 is 34.1. The van der Waals surface area contributed by atoms with Crippen molar-refractivity contribution in [1.29, 1.82) is 0 Å². The Balaban J connectivity index is 2.73. The molecule has 8 heteroatoms. The highest BCUT2D eigenvalue weighted by atomic mass is 35.7. The first-order valence-corrected chi connectivity index (χ1v) is 8.95. The van der Waals surface area contributed by atoms with E-state index < -0.39 is 19.9 Å². The fourth-order valence-electron chi connectivity index (χ4n) is 1.99. The molecule has 22 heavy (non-hydrogen) atoms. The van der Waals surface area contributed by atoms with Gasteiger partial charge in [-0.15, -0.1) is 0 Å². The molecule has 0 N–H and O–H groups in total. The van der Waals surface area contributed by atoms with Gasteiger partial charge in [-0.1, -0.05) is 11.6 Å². The SMILES string of the molecule is CCOC(=O)c1c(C)oc(-c2ccc(Cl)cc2)c1S(=O)(=O)Cl. The Morgan fingerprint density at radius 2 is 1.86 bits per heavy atom. The van der Waals surface area contributed by atoms with Crippen LogP contribution in [0.15, 0.2) is 33.6 Å². The summed E-state index contributed by atoms with van der Waals surface area (Å²) in [4.78, 5) is 11.6. The third-order valence-electron chi connectivity index (χ3n) is 2.87. The summed E-state index contributed by atoms with van der Waals surface area (Å²) >= 11 is 5.81. The number of esters is 1. The summed E-state index contributed by atoms with van der Waals surface area (Å²) in [6.07, 6.45) is 0. The molecular formula is C14H12Cl2O5S. The average Bonchev–Trinajstić information content (AvgIpc) is 2.77. The molecule has 0 atom stereocenters. The van der Waals surface area contributed by atoms with Crippen molar-refractivity contribution in [2.24, 2.45) is 0 Å². The van der Waals surface area contributed by atoms with Crippen molar-refractivity contribution >= 4 is 37.3 Å². The molecule has 2 rings (SSSR count). The first-order chi connectivity index (χ1) is 10.3. The van der Waals surface area contributed by atoms with E-state index in [2.05, 4.69) is 0 Å². The van der Waals surface area contributed by atoms with Crippen LogP contribution in [0.1, 0.15) is 23.0 Å². The molecule has 1 aromatic carbocycles. The molecule has 0 saturated heterocycles. The molecule has 0 unspecified atom stereocenters. The van der Waals surface area contributed by atoms with Crippen LogP contribution in [-0.2, 0) is 13.8 Å². The summed E-state index contributed by atoms with van der Waals surface area (Å²) in [5, 5.41) is 0.480. The van der Waals surface area contributed by atoms with Gasteiger partial charge in [0.15, 0.2) is 5.76 Å². The fourth-order valence-corrected chi connectivity index (χ4v) is 3.41. The molecule has 0 aliphatic rings. The maximum Gasteiger partial charge on any atom is 0.343 e. The lowest BCUT2D eigenvalue weighted by Gasteiger charge is -2.03. The number of carbonyl (C=O) groups is 1. The largest absolute Gasteiger partial charge is 0.462 e. The van der Waals surface area contributed by atoms with Gasteiger partial charge in [0.05, 0.1) is 6.61 Å². The summed E-state index contributed by atoms with van der Waals surface area (Å²) in [6.45, 7) is 3.18. The van der Waals surface area contributed by atoms with Crippen LogP contribution < -0.4 is 0 Å². The van der Waals surface area contributed by atoms with Gasteiger partial charge in [0.25, 0.3) is 9.05 Å². The second kappa shape index (κ2) is 6.32. The maximum absolute atomic E-state index is 12.0. The van der Waals surface area contributed by atoms with E-state index in [0.29, 0.717) is 10.6 Å². The Labute approximate surface area is 137 Å². The zero-order valence-corrected chi connectivity index (χ0v) is 14.1. The van der Waals surface area contributed by atoms with Crippen LogP contribution in [0.5, 0.6) is 0 Å². The van der Waals surface area contributed by atoms with Gasteiger partial charge in [0, 0.05) is 21.3 Å². The van der Waals surface area contributed by atoms with Crippen molar-refractivity contribution in [3.63, 3.8) is 0 Å². The molecule has 1 heterocycles. The van der Waals surface area contributed by atoms with Gasteiger partial charge in [0.2, 0.25) is 0 Å². The second-order valence-electron chi connectivity index (χ2n) is 4.36. The van der Waals surface area contributed by atoms with Crippen LogP contribution in [0, 0.1) is 6.92 Å². The lowest BCUT2D eigenvalue weighted by Crippen LogP contribution is -2.09. The van der Waals surface area contributed by atoms with E-state index in [1.165, 1.54) is 6.92 Å². The Morgan fingerprint density at radius 3 is 2.36 bits per heavy atom. The normalized spacial score (nSPS) is 11.5. The quantitative estimate of drug-likeness (QED) is 0.606. The minimum atomic E-state index is -4.22. The lowest BCUT2D eigenvalue weighted by atomic mass is 10.1. The number of rotatable bonds is 4. The molecule has 0 spiro atoms. The highest BCUT2D eigenvalue weighted by Gasteiger charge is 2.32. The van der Waals surface area contributed by atoms with Crippen molar-refractivity contribution < 1.29 is 22.4 Å². The molecule has 0 amide bonds. The number of aryl methyl sites for hydroxylation is 1. The highest BCUT2D eigenvalue weighted by Crippen LogP contribution is 2.37. The van der Waals surface area contributed by atoms with Gasteiger partial charge in [0.1, 0.15) is 16.2 Å². The van der Waals surface area contributed by atoms with E-state index in [9.17, 15) is 13.2 Å². The molecule has 0 bridgehead atoms. The minimum Gasteiger partial charge on any atom is -0.462 e. The van der Waals surface area contributed by atoms with Crippen LogP contribution in [-0.4, -0.2) is 21.0 Å². The van der Waals surface area contributed by atoms with Gasteiger partial charge < -0.3 is 9.15 Å². The molecule has 0 aliphatic carbocycles. The van der Waals surface area contributed by atoms with Gasteiger partial charge in [-0.2, -0.15) is 0 Å². The minimum absolute atomic E-state index is 0.0211. The van der Waals surface area contributed by atoms with Crippen LogP contribution in [0.4, 0.5) is 0 Å². The molecule has 118 valence electrons. The number of hydrogen-bond donors (Lipinski definition) is 0. The van der Waals surface area contributed by atoms with E-state index >= 15 is 0 Å². The van der Waals surface area contributed by atoms with Gasteiger partial charge in [-0.3, -0.25) is 0 Å². The number of ether oxygens (including phenoxy) is 1. The Morgan fingerprint density at radius 1 is 1.27 bits per heavy atom. The summed E-state index contributed by atoms with van der Waals surface area (Å²) in [5.74, 6) is -0.710. The van der Waals surface area contributed by atoms with Crippen molar-refractivity contribution in [2.75, 3.05) is 6.61 Å². The predicted octanol–water partition coefficient (Wildman–Crippen LogP) is 4.01. The van der Waals surface area contributed by atoms with Crippen molar-refractivity contribution in [1.82, 2.24) is 0 Å². The van der Waals surface area contributed by atoms with Crippen molar-refractivity contribution in [2.45, 2.75) is 18.7 Å². The predicted molar refractivity (Wildman–Crippen MR) is 82.9 cm³/mol. The third kappa shape index (κ3) is 3.29. The van der Waals surface area contributed by atoms with E-state index in [-0.39, 0.29) is 23.7 Å². The first kappa shape index (κ1) is 16.9. The van der Waals surface area contributed by atoms with E-state index in [1.807, 2.05) is 0 Å². The number of benzene rings is 1.